The smallest absolute Gasteiger partial charge is 0.109 e. The number of nitrogens with zero attached hydrogens (tertiary/aromatic N) is 2. The summed E-state index contributed by atoms with van der Waals surface area (Å²) in [4.78, 5) is 4.71. The van der Waals surface area contributed by atoms with Gasteiger partial charge in [-0.25, -0.2) is 4.98 Å². The minimum atomic E-state index is -0.550. The lowest BCUT2D eigenvalue weighted by molar-refractivity contribution is 0.156. The van der Waals surface area contributed by atoms with E-state index in [2.05, 4.69) is 33.5 Å². The summed E-state index contributed by atoms with van der Waals surface area (Å²) in [5, 5.41) is 10.6. The van der Waals surface area contributed by atoms with Crippen LogP contribution in [0.4, 0.5) is 0 Å². The molecule has 1 aromatic heterocycles. The highest BCUT2D eigenvalue weighted by molar-refractivity contribution is 9.10. The highest BCUT2D eigenvalue weighted by atomic mass is 79.9. The van der Waals surface area contributed by atoms with Gasteiger partial charge in [-0.15, -0.1) is 0 Å². The lowest BCUT2D eigenvalue weighted by Crippen LogP contribution is -2.11. The van der Waals surface area contributed by atoms with Crippen molar-refractivity contribution in [2.75, 3.05) is 0 Å². The van der Waals surface area contributed by atoms with Gasteiger partial charge in [0.15, 0.2) is 0 Å². The molecule has 0 spiro atoms. The number of hydrogen-bond donors (Lipinski definition) is 1. The Morgan fingerprint density at radius 1 is 1.18 bits per heavy atom. The molecular formula is C18H19BrN2O. The fourth-order valence-corrected chi connectivity index (χ4v) is 3.15. The van der Waals surface area contributed by atoms with Crippen LogP contribution in [0.3, 0.4) is 0 Å². The first-order valence-corrected chi connectivity index (χ1v) is 8.36. The summed E-state index contributed by atoms with van der Waals surface area (Å²) >= 11 is 3.46. The van der Waals surface area contributed by atoms with Crippen LogP contribution in [0.2, 0.25) is 0 Å². The summed E-state index contributed by atoms with van der Waals surface area (Å²) < 4.78 is 3.12. The minimum absolute atomic E-state index is 0.520. The minimum Gasteiger partial charge on any atom is -0.387 e. The Morgan fingerprint density at radius 3 is 2.77 bits per heavy atom. The summed E-state index contributed by atoms with van der Waals surface area (Å²) in [5.41, 5.74) is 2.99. The number of aliphatic hydroxyl groups is 1. The predicted octanol–water partition coefficient (Wildman–Crippen LogP) is 4.48. The quantitative estimate of drug-likeness (QED) is 0.729. The van der Waals surface area contributed by atoms with Crippen molar-refractivity contribution in [3.05, 3.63) is 64.4 Å². The highest BCUT2D eigenvalue weighted by Gasteiger charge is 2.15. The molecule has 3 nitrogen and oxygen atoms in total. The summed E-state index contributed by atoms with van der Waals surface area (Å²) in [6, 6.07) is 15.9. The zero-order chi connectivity index (χ0) is 15.5. The van der Waals surface area contributed by atoms with Gasteiger partial charge in [0.1, 0.15) is 5.82 Å². The number of hydrogen-bond acceptors (Lipinski definition) is 2. The molecule has 1 heterocycles. The number of rotatable bonds is 5. The Balaban J connectivity index is 1.96. The molecule has 0 unspecified atom stereocenters. The molecule has 3 rings (SSSR count). The van der Waals surface area contributed by atoms with Crippen LogP contribution >= 0.6 is 15.9 Å². The van der Waals surface area contributed by atoms with Crippen molar-refractivity contribution < 1.29 is 5.11 Å². The van der Waals surface area contributed by atoms with E-state index < -0.39 is 6.10 Å². The third-order valence-corrected chi connectivity index (χ3v) is 4.29. The molecule has 1 atom stereocenters. The van der Waals surface area contributed by atoms with Gasteiger partial charge in [0.25, 0.3) is 0 Å². The zero-order valence-electron chi connectivity index (χ0n) is 12.5. The molecule has 0 saturated heterocycles. The van der Waals surface area contributed by atoms with Gasteiger partial charge in [-0.05, 0) is 36.2 Å². The largest absolute Gasteiger partial charge is 0.387 e. The number of aryl methyl sites for hydroxylation is 1. The second-order valence-corrected chi connectivity index (χ2v) is 6.36. The normalized spacial score (nSPS) is 12.7. The van der Waals surface area contributed by atoms with Gasteiger partial charge < -0.3 is 9.67 Å². The molecule has 3 aromatic rings. The van der Waals surface area contributed by atoms with Gasteiger partial charge in [0.2, 0.25) is 0 Å². The van der Waals surface area contributed by atoms with Gasteiger partial charge in [-0.3, -0.25) is 0 Å². The van der Waals surface area contributed by atoms with Crippen LogP contribution in [0.5, 0.6) is 0 Å². The number of imidazole rings is 1. The maximum atomic E-state index is 10.6. The van der Waals surface area contributed by atoms with Gasteiger partial charge >= 0.3 is 0 Å². The van der Waals surface area contributed by atoms with E-state index in [1.54, 1.807) is 0 Å². The first-order valence-electron chi connectivity index (χ1n) is 7.56. The highest BCUT2D eigenvalue weighted by Crippen LogP contribution is 2.24. The van der Waals surface area contributed by atoms with Crippen LogP contribution in [0.25, 0.3) is 11.0 Å². The molecule has 4 heteroatoms. The van der Waals surface area contributed by atoms with E-state index in [4.69, 9.17) is 4.98 Å². The monoisotopic (exact) mass is 358 g/mol. The average molecular weight is 359 g/mol. The third kappa shape index (κ3) is 3.08. The van der Waals surface area contributed by atoms with E-state index in [1.165, 1.54) is 0 Å². The standard InChI is InChI=1S/C18H19BrN2O/c1-2-6-18-20-15-9-3-4-10-16(15)21(18)12-17(22)13-7-5-8-14(19)11-13/h3-5,7-11,17,22H,2,6,12H2,1H3/t17-/m1/s1. The van der Waals surface area contributed by atoms with Crippen molar-refractivity contribution in [3.8, 4) is 0 Å². The van der Waals surface area contributed by atoms with Gasteiger partial charge in [-0.1, -0.05) is 47.1 Å². The first-order chi connectivity index (χ1) is 10.7. The molecule has 0 fully saturated rings. The molecule has 0 aliphatic rings. The van der Waals surface area contributed by atoms with Gasteiger partial charge in [0.05, 0.1) is 23.7 Å². The van der Waals surface area contributed by atoms with E-state index in [0.717, 1.165) is 39.7 Å². The van der Waals surface area contributed by atoms with E-state index in [9.17, 15) is 5.11 Å². The van der Waals surface area contributed by atoms with Crippen LogP contribution in [0.1, 0.15) is 30.8 Å². The number of aromatic nitrogens is 2. The first kappa shape index (κ1) is 15.3. The average Bonchev–Trinajstić information content (AvgIpc) is 2.85. The zero-order valence-corrected chi connectivity index (χ0v) is 14.1. The molecule has 0 amide bonds. The Hall–Kier alpha value is -1.65. The van der Waals surface area contributed by atoms with Crippen LogP contribution < -0.4 is 0 Å². The second-order valence-electron chi connectivity index (χ2n) is 5.45. The number of fused-ring (bicyclic) bond motifs is 1. The Labute approximate surface area is 138 Å². The molecule has 0 radical (unpaired) electrons. The van der Waals surface area contributed by atoms with E-state index in [0.29, 0.717) is 6.54 Å². The van der Waals surface area contributed by atoms with Crippen molar-refractivity contribution in [2.24, 2.45) is 0 Å². The van der Waals surface area contributed by atoms with E-state index >= 15 is 0 Å². The molecule has 0 bridgehead atoms. The number of halogens is 1. The Bertz CT molecular complexity index is 782. The molecule has 1 N–H and O–H groups in total. The van der Waals surface area contributed by atoms with Crippen molar-refractivity contribution >= 4 is 27.0 Å². The topological polar surface area (TPSA) is 38.0 Å². The summed E-state index contributed by atoms with van der Waals surface area (Å²) in [5.74, 6) is 1.04. The van der Waals surface area contributed by atoms with Crippen molar-refractivity contribution in [3.63, 3.8) is 0 Å². The lowest BCUT2D eigenvalue weighted by Gasteiger charge is -2.15. The maximum Gasteiger partial charge on any atom is 0.109 e. The van der Waals surface area contributed by atoms with Crippen molar-refractivity contribution in [1.29, 1.82) is 0 Å². The molecule has 2 aromatic carbocycles. The van der Waals surface area contributed by atoms with Crippen molar-refractivity contribution in [1.82, 2.24) is 9.55 Å². The van der Waals surface area contributed by atoms with Gasteiger partial charge in [0, 0.05) is 10.9 Å². The number of para-hydroxylation sites is 2. The second kappa shape index (κ2) is 6.63. The van der Waals surface area contributed by atoms with Crippen LogP contribution in [0.15, 0.2) is 53.0 Å². The molecule has 0 aliphatic carbocycles. The lowest BCUT2D eigenvalue weighted by atomic mass is 10.1. The predicted molar refractivity (Wildman–Crippen MR) is 92.8 cm³/mol. The molecule has 0 aliphatic heterocycles. The summed E-state index contributed by atoms with van der Waals surface area (Å²) in [6.45, 7) is 2.67. The van der Waals surface area contributed by atoms with E-state index in [1.807, 2.05) is 42.5 Å². The molecule has 22 heavy (non-hydrogen) atoms. The van der Waals surface area contributed by atoms with Crippen LogP contribution in [0, 0.1) is 0 Å². The number of benzene rings is 2. The van der Waals surface area contributed by atoms with Crippen molar-refractivity contribution in [2.45, 2.75) is 32.4 Å². The number of aliphatic hydroxyl groups excluding tert-OH is 1. The molecule has 114 valence electrons. The Kier molecular flexibility index (Phi) is 4.60. The Morgan fingerprint density at radius 2 is 2.00 bits per heavy atom. The summed E-state index contributed by atoms with van der Waals surface area (Å²) in [6.07, 6.45) is 1.40. The SMILES string of the molecule is CCCc1nc2ccccc2n1C[C@@H](O)c1cccc(Br)c1. The van der Waals surface area contributed by atoms with Crippen LogP contribution in [-0.2, 0) is 13.0 Å². The van der Waals surface area contributed by atoms with Gasteiger partial charge in [-0.2, -0.15) is 0 Å². The fourth-order valence-electron chi connectivity index (χ4n) is 2.74. The van der Waals surface area contributed by atoms with E-state index in [-0.39, 0.29) is 0 Å². The molecule has 0 saturated carbocycles. The summed E-state index contributed by atoms with van der Waals surface area (Å²) in [7, 11) is 0. The third-order valence-electron chi connectivity index (χ3n) is 3.80. The fraction of sp³-hybridized carbons (Fsp3) is 0.278. The molecular weight excluding hydrogens is 340 g/mol. The maximum absolute atomic E-state index is 10.6. The van der Waals surface area contributed by atoms with Crippen LogP contribution in [-0.4, -0.2) is 14.7 Å².